The molecule has 0 aromatic rings. The van der Waals surface area contributed by atoms with Crippen LogP contribution in [0.15, 0.2) is 0 Å². The van der Waals surface area contributed by atoms with Gasteiger partial charge in [0.1, 0.15) is 6.10 Å². The van der Waals surface area contributed by atoms with Crippen molar-refractivity contribution < 1.29 is 29.6 Å². The van der Waals surface area contributed by atoms with Gasteiger partial charge in [-0.25, -0.2) is 0 Å². The Balaban J connectivity index is 2.04. The van der Waals surface area contributed by atoms with E-state index in [4.69, 9.17) is 14.6 Å². The maximum atomic E-state index is 10.4. The minimum atomic E-state index is -0.780. The maximum Gasteiger partial charge on any atom is 0.303 e. The van der Waals surface area contributed by atoms with Crippen molar-refractivity contribution in [3.8, 4) is 0 Å². The summed E-state index contributed by atoms with van der Waals surface area (Å²) >= 11 is 0. The van der Waals surface area contributed by atoms with Gasteiger partial charge in [0.25, 0.3) is 0 Å². The van der Waals surface area contributed by atoms with Gasteiger partial charge < -0.3 is 24.8 Å². The monoisotopic (exact) mass is 332 g/mol. The van der Waals surface area contributed by atoms with Gasteiger partial charge in [-0.05, 0) is 26.7 Å². The molecule has 6 nitrogen and oxygen atoms in total. The number of hydrogen-bond donors (Lipinski definition) is 3. The molecule has 1 saturated heterocycles. The summed E-state index contributed by atoms with van der Waals surface area (Å²) in [5.41, 5.74) is 0. The summed E-state index contributed by atoms with van der Waals surface area (Å²) in [5.74, 6) is -0.718. The molecule has 0 spiro atoms. The summed E-state index contributed by atoms with van der Waals surface area (Å²) < 4.78 is 11.2. The predicted octanol–water partition coefficient (Wildman–Crippen LogP) is 2.45. The van der Waals surface area contributed by atoms with Crippen molar-refractivity contribution in [1.82, 2.24) is 0 Å². The lowest BCUT2D eigenvalue weighted by atomic mass is 10.0. The normalized spacial score (nSPS) is 29.4. The second-order valence-electron chi connectivity index (χ2n) is 6.58. The first-order valence-electron chi connectivity index (χ1n) is 8.79. The standard InChI is InChI=1S/C17H32O6/c1-12(9-7-5-3-4-6-8-10-16(20)21)22-17-15(19)11-14(18)13(2)23-17/h12-15,17-19H,3-11H2,1-2H3,(H,20,21)/t12-,13+,14-,15-,17?/m1/s1. The Morgan fingerprint density at radius 1 is 1.13 bits per heavy atom. The molecule has 136 valence electrons. The molecule has 3 N–H and O–H groups in total. The molecule has 23 heavy (non-hydrogen) atoms. The van der Waals surface area contributed by atoms with Crippen LogP contribution in [0, 0.1) is 0 Å². The van der Waals surface area contributed by atoms with E-state index >= 15 is 0 Å². The molecule has 1 heterocycles. The predicted molar refractivity (Wildman–Crippen MR) is 86.1 cm³/mol. The topological polar surface area (TPSA) is 96.2 Å². The fourth-order valence-corrected chi connectivity index (χ4v) is 2.78. The molecule has 1 fully saturated rings. The Kier molecular flexibility index (Phi) is 9.71. The van der Waals surface area contributed by atoms with E-state index in [1.165, 1.54) is 0 Å². The van der Waals surface area contributed by atoms with E-state index in [1.54, 1.807) is 6.92 Å². The van der Waals surface area contributed by atoms with Crippen molar-refractivity contribution in [3.63, 3.8) is 0 Å². The van der Waals surface area contributed by atoms with Crippen LogP contribution in [-0.4, -0.2) is 52.0 Å². The summed E-state index contributed by atoms with van der Waals surface area (Å²) in [6.45, 7) is 3.75. The van der Waals surface area contributed by atoms with Gasteiger partial charge in [0, 0.05) is 12.8 Å². The van der Waals surface area contributed by atoms with E-state index in [0.717, 1.165) is 44.9 Å². The molecule has 0 aromatic heterocycles. The van der Waals surface area contributed by atoms with Crippen molar-refractivity contribution in [2.75, 3.05) is 0 Å². The molecule has 0 amide bonds. The first-order valence-corrected chi connectivity index (χ1v) is 8.79. The summed E-state index contributed by atoms with van der Waals surface area (Å²) in [5, 5.41) is 28.0. The third-order valence-electron chi connectivity index (χ3n) is 4.31. The molecule has 0 bridgehead atoms. The number of hydrogen-bond acceptors (Lipinski definition) is 5. The van der Waals surface area contributed by atoms with Gasteiger partial charge in [0.15, 0.2) is 6.29 Å². The number of carbonyl (C=O) groups is 1. The average molecular weight is 332 g/mol. The highest BCUT2D eigenvalue weighted by Crippen LogP contribution is 2.23. The highest BCUT2D eigenvalue weighted by atomic mass is 16.7. The number of unbranched alkanes of at least 4 members (excludes halogenated alkanes) is 5. The minimum Gasteiger partial charge on any atom is -0.481 e. The molecule has 0 radical (unpaired) electrons. The van der Waals surface area contributed by atoms with Gasteiger partial charge in [0.05, 0.1) is 18.3 Å². The summed E-state index contributed by atoms with van der Waals surface area (Å²) in [6.07, 6.45) is 5.13. The number of carboxylic acids is 1. The molecule has 1 aliphatic rings. The van der Waals surface area contributed by atoms with Crippen molar-refractivity contribution in [2.45, 2.75) is 102 Å². The van der Waals surface area contributed by atoms with Crippen molar-refractivity contribution in [3.05, 3.63) is 0 Å². The van der Waals surface area contributed by atoms with Crippen LogP contribution in [0.2, 0.25) is 0 Å². The van der Waals surface area contributed by atoms with Gasteiger partial charge in [-0.1, -0.05) is 32.1 Å². The van der Waals surface area contributed by atoms with E-state index in [0.29, 0.717) is 0 Å². The molecule has 1 aliphatic heterocycles. The molecule has 6 heteroatoms. The first kappa shape index (κ1) is 20.4. The SMILES string of the molecule is C[C@H](CCCCCCCCC(=O)O)OC1O[C@@H](C)[C@H](O)C[C@H]1O. The summed E-state index contributed by atoms with van der Waals surface area (Å²) in [6, 6.07) is 0. The highest BCUT2D eigenvalue weighted by Gasteiger charge is 2.35. The third-order valence-corrected chi connectivity index (χ3v) is 4.31. The molecular weight excluding hydrogens is 300 g/mol. The minimum absolute atomic E-state index is 0.00380. The number of aliphatic carboxylic acids is 1. The molecular formula is C17H32O6. The zero-order valence-corrected chi connectivity index (χ0v) is 14.3. The van der Waals surface area contributed by atoms with Crippen molar-refractivity contribution >= 4 is 5.97 Å². The largest absolute Gasteiger partial charge is 0.481 e. The van der Waals surface area contributed by atoms with Crippen molar-refractivity contribution in [2.24, 2.45) is 0 Å². The Bertz CT molecular complexity index is 335. The summed E-state index contributed by atoms with van der Waals surface area (Å²) in [7, 11) is 0. The van der Waals surface area contributed by atoms with E-state index in [9.17, 15) is 15.0 Å². The van der Waals surface area contributed by atoms with Crippen LogP contribution >= 0.6 is 0 Å². The van der Waals surface area contributed by atoms with Crippen LogP contribution in [-0.2, 0) is 14.3 Å². The van der Waals surface area contributed by atoms with E-state index in [-0.39, 0.29) is 25.0 Å². The maximum absolute atomic E-state index is 10.4. The molecule has 5 atom stereocenters. The van der Waals surface area contributed by atoms with Gasteiger partial charge in [-0.15, -0.1) is 0 Å². The van der Waals surface area contributed by atoms with Crippen LogP contribution in [0.25, 0.3) is 0 Å². The van der Waals surface area contributed by atoms with Crippen LogP contribution in [0.1, 0.15) is 71.6 Å². The van der Waals surface area contributed by atoms with Gasteiger partial charge in [0.2, 0.25) is 0 Å². The molecule has 0 aliphatic carbocycles. The number of ether oxygens (including phenoxy) is 2. The second kappa shape index (κ2) is 11.0. The Labute approximate surface area is 138 Å². The average Bonchev–Trinajstić information content (AvgIpc) is 2.47. The fraction of sp³-hybridized carbons (Fsp3) is 0.941. The fourth-order valence-electron chi connectivity index (χ4n) is 2.78. The van der Waals surface area contributed by atoms with Gasteiger partial charge >= 0.3 is 5.97 Å². The van der Waals surface area contributed by atoms with E-state index in [2.05, 4.69) is 0 Å². The van der Waals surface area contributed by atoms with E-state index < -0.39 is 24.5 Å². The lowest BCUT2D eigenvalue weighted by Gasteiger charge is -2.36. The first-order chi connectivity index (χ1) is 10.9. The van der Waals surface area contributed by atoms with E-state index in [1.807, 2.05) is 6.92 Å². The summed E-state index contributed by atoms with van der Waals surface area (Å²) in [4.78, 5) is 10.4. The quantitative estimate of drug-likeness (QED) is 0.503. The van der Waals surface area contributed by atoms with Crippen LogP contribution in [0.4, 0.5) is 0 Å². The van der Waals surface area contributed by atoms with Gasteiger partial charge in [-0.2, -0.15) is 0 Å². The molecule has 0 aromatic carbocycles. The Morgan fingerprint density at radius 3 is 2.39 bits per heavy atom. The molecule has 1 unspecified atom stereocenters. The lowest BCUT2D eigenvalue weighted by Crippen LogP contribution is -2.48. The van der Waals surface area contributed by atoms with Crippen LogP contribution in [0.3, 0.4) is 0 Å². The zero-order chi connectivity index (χ0) is 17.2. The van der Waals surface area contributed by atoms with Gasteiger partial charge in [-0.3, -0.25) is 4.79 Å². The van der Waals surface area contributed by atoms with Crippen LogP contribution in [0.5, 0.6) is 0 Å². The third kappa shape index (κ3) is 8.65. The number of carboxylic acid groups (broad SMARTS) is 1. The number of aliphatic hydroxyl groups is 2. The smallest absolute Gasteiger partial charge is 0.303 e. The lowest BCUT2D eigenvalue weighted by molar-refractivity contribution is -0.273. The molecule has 0 saturated carbocycles. The van der Waals surface area contributed by atoms with Crippen LogP contribution < -0.4 is 0 Å². The number of aliphatic hydroxyl groups excluding tert-OH is 2. The molecule has 1 rings (SSSR count). The second-order valence-corrected chi connectivity index (χ2v) is 6.58. The Morgan fingerprint density at radius 2 is 1.74 bits per heavy atom. The zero-order valence-electron chi connectivity index (χ0n) is 14.3. The highest BCUT2D eigenvalue weighted by molar-refractivity contribution is 5.66. The Hall–Kier alpha value is -0.690. The van der Waals surface area contributed by atoms with Crippen molar-refractivity contribution in [1.29, 1.82) is 0 Å². The number of rotatable bonds is 11.